The molecule has 604 valence electrons. The summed E-state index contributed by atoms with van der Waals surface area (Å²) in [5.41, 5.74) is 12.5. The fourth-order valence-corrected chi connectivity index (χ4v) is 15.7. The number of carbonyl (C=O) groups is 4. The number of aryl methyl sites for hydroxylation is 4. The van der Waals surface area contributed by atoms with Gasteiger partial charge in [0.25, 0.3) is 23.6 Å². The van der Waals surface area contributed by atoms with Crippen molar-refractivity contribution in [2.75, 3.05) is 26.2 Å². The Balaban J connectivity index is 0.000000142. The van der Waals surface area contributed by atoms with Crippen LogP contribution in [0.3, 0.4) is 0 Å². The molecule has 3 aliphatic rings. The number of fused-ring (bicyclic) bond motifs is 4. The lowest BCUT2D eigenvalue weighted by molar-refractivity contribution is 0.0710. The Morgan fingerprint density at radius 1 is 0.452 bits per heavy atom. The standard InChI is InChI=1S/C25H32N4O.C23H27FN4O.C22H25ClN4O.C22H27FN4O/c1-17(2)15-28(25(30)21-12-11-18(3)14-19(21)4)16-23-27-22-10-7-13-26-24(22)29(23)20-8-5-6-9-20;1-2-3-15-27(23(29)17-10-12-18(24)13-11-17)16-21-26-20-9-6-14-25-22(20)28(21)19-7-4-5-8-19;1-3-11-26(22(28)17-8-9-18(23)15(2)12-17)14-20-25-19-5-4-10-24-21(19)27(20)13-16-6-7-16;1-4-12-27-20(25-19-9-6-11-24-21(19)27)15-26(13-10-16(2)3)22(28)17-7-5-8-18(23)14-17/h7,10-14,17,20H,5-6,8-9,15-16H2,1-4H3;6,9-14,19H,2-5,7-8,15-16H2,1H3;4-5,8-10,12,16H,3,6-7,11,13-14H2,1-2H3;5-9,11,14,16H,4,10,12-13,15H2,1-3H3. The Morgan fingerprint density at radius 2 is 0.939 bits per heavy atom. The normalized spacial score (nSPS) is 13.6. The first kappa shape index (κ1) is 83.8. The number of rotatable bonds is 28. The first-order chi connectivity index (χ1) is 55.7. The molecule has 0 aliphatic heterocycles. The molecule has 3 aliphatic carbocycles. The SMILES string of the molecule is CCCCN(Cc1nc2cccnc2n1C1CCCC1)C(=O)c1ccc(F)cc1.CCCN(Cc1nc2cccnc2n1CC1CC1)C(=O)c1ccc(Cl)c(C)c1.CCCn1c(CN(CCC(C)C)C(=O)c2cccc(F)c2)nc2cccnc21.Cc1ccc(C(=O)N(Cc2nc3cccnc3n2C2CCCC2)CC(C)C)c(C)c1. The summed E-state index contributed by atoms with van der Waals surface area (Å²) >= 11 is 6.13. The second-order valence-electron chi connectivity index (χ2n) is 31.9. The third kappa shape index (κ3) is 21.3. The fourth-order valence-electron chi connectivity index (χ4n) is 15.6. The van der Waals surface area contributed by atoms with Crippen molar-refractivity contribution in [2.45, 2.75) is 217 Å². The van der Waals surface area contributed by atoms with E-state index >= 15 is 0 Å². The first-order valence-corrected chi connectivity index (χ1v) is 41.8. The van der Waals surface area contributed by atoms with E-state index in [2.05, 4.69) is 99.7 Å². The van der Waals surface area contributed by atoms with Gasteiger partial charge in [0.05, 0.1) is 26.2 Å². The number of nitrogens with zero attached hydrogens (tertiary/aromatic N) is 16. The molecule has 115 heavy (non-hydrogen) atoms. The third-order valence-corrected chi connectivity index (χ3v) is 22.1. The summed E-state index contributed by atoms with van der Waals surface area (Å²) in [6.45, 7) is 27.0. The van der Waals surface area contributed by atoms with Gasteiger partial charge in [-0.15, -0.1) is 0 Å². The number of benzene rings is 4. The summed E-state index contributed by atoms with van der Waals surface area (Å²) in [4.78, 5) is 98.0. The lowest BCUT2D eigenvalue weighted by Crippen LogP contribution is -2.35. The molecule has 20 nitrogen and oxygen atoms in total. The Kier molecular flexibility index (Phi) is 28.9. The van der Waals surface area contributed by atoms with E-state index in [1.807, 2.05) is 108 Å². The molecule has 0 saturated heterocycles. The van der Waals surface area contributed by atoms with E-state index in [1.54, 1.807) is 53.7 Å². The highest BCUT2D eigenvalue weighted by molar-refractivity contribution is 6.31. The molecule has 3 saturated carbocycles. The van der Waals surface area contributed by atoms with Crippen LogP contribution >= 0.6 is 11.6 Å². The van der Waals surface area contributed by atoms with Crippen LogP contribution in [0.15, 0.2) is 158 Å². The number of halogens is 3. The van der Waals surface area contributed by atoms with Crippen LogP contribution < -0.4 is 0 Å². The summed E-state index contributed by atoms with van der Waals surface area (Å²) in [5.74, 6) is 4.18. The summed E-state index contributed by atoms with van der Waals surface area (Å²) in [7, 11) is 0. The van der Waals surface area contributed by atoms with Crippen LogP contribution in [0.2, 0.25) is 5.02 Å². The van der Waals surface area contributed by atoms with Crippen molar-refractivity contribution in [3.05, 3.63) is 237 Å². The Morgan fingerprint density at radius 3 is 1.45 bits per heavy atom. The highest BCUT2D eigenvalue weighted by atomic mass is 35.5. The van der Waals surface area contributed by atoms with Gasteiger partial charge in [0.1, 0.15) is 57.0 Å². The third-order valence-electron chi connectivity index (χ3n) is 21.7. The minimum absolute atomic E-state index is 0.0135. The molecule has 0 radical (unpaired) electrons. The van der Waals surface area contributed by atoms with E-state index in [0.29, 0.717) is 104 Å². The predicted molar refractivity (Wildman–Crippen MR) is 451 cm³/mol. The topological polar surface area (TPSA) is 204 Å². The van der Waals surface area contributed by atoms with E-state index in [1.165, 1.54) is 68.4 Å². The molecule has 0 spiro atoms. The summed E-state index contributed by atoms with van der Waals surface area (Å²) in [5, 5.41) is 0.677. The van der Waals surface area contributed by atoms with Crippen LogP contribution in [-0.2, 0) is 39.3 Å². The Labute approximate surface area is 679 Å². The molecular weight excluding hydrogens is 1470 g/mol. The molecule has 4 aromatic carbocycles. The van der Waals surface area contributed by atoms with Gasteiger partial charge in [0.15, 0.2) is 22.6 Å². The Bertz CT molecular complexity index is 5290. The number of amides is 4. The quantitative estimate of drug-likeness (QED) is 0.0449. The minimum Gasteiger partial charge on any atom is -0.331 e. The van der Waals surface area contributed by atoms with Crippen LogP contribution in [0.1, 0.15) is 238 Å². The maximum absolute atomic E-state index is 13.6. The highest BCUT2D eigenvalue weighted by Crippen LogP contribution is 2.37. The molecule has 0 N–H and O–H groups in total. The molecule has 3 fully saturated rings. The van der Waals surface area contributed by atoms with Gasteiger partial charge in [0.2, 0.25) is 0 Å². The molecule has 12 aromatic rings. The van der Waals surface area contributed by atoms with Gasteiger partial charge in [0, 0.05) is 103 Å². The molecule has 15 rings (SSSR count). The number of imidazole rings is 4. The smallest absolute Gasteiger partial charge is 0.254 e. The number of aromatic nitrogens is 12. The minimum atomic E-state index is -0.405. The lowest BCUT2D eigenvalue weighted by Gasteiger charge is -2.26. The number of unbranched alkanes of at least 4 members (excludes halogenated alkanes) is 1. The zero-order valence-electron chi connectivity index (χ0n) is 68.5. The molecule has 23 heteroatoms. The number of pyridine rings is 4. The van der Waals surface area contributed by atoms with E-state index < -0.39 is 5.82 Å². The monoisotopic (exact) mass is 1580 g/mol. The van der Waals surface area contributed by atoms with E-state index in [0.717, 1.165) is 156 Å². The van der Waals surface area contributed by atoms with Gasteiger partial charge in [-0.2, -0.15) is 0 Å². The van der Waals surface area contributed by atoms with Crippen LogP contribution in [0, 0.1) is 50.2 Å². The maximum atomic E-state index is 13.6. The van der Waals surface area contributed by atoms with E-state index in [9.17, 15) is 28.0 Å². The highest BCUT2D eigenvalue weighted by Gasteiger charge is 2.31. The van der Waals surface area contributed by atoms with Crippen LogP contribution in [0.25, 0.3) is 44.7 Å². The van der Waals surface area contributed by atoms with Crippen molar-refractivity contribution >= 4 is 79.9 Å². The van der Waals surface area contributed by atoms with Crippen LogP contribution in [0.5, 0.6) is 0 Å². The van der Waals surface area contributed by atoms with Crippen LogP contribution in [0.4, 0.5) is 8.78 Å². The molecule has 8 heterocycles. The van der Waals surface area contributed by atoms with E-state index in [4.69, 9.17) is 31.5 Å². The first-order valence-electron chi connectivity index (χ1n) is 41.4. The lowest BCUT2D eigenvalue weighted by atomic mass is 10.0. The molecule has 0 unspecified atom stereocenters. The fraction of sp³-hybridized carbons (Fsp3) is 0.435. The molecule has 8 aromatic heterocycles. The average molecular weight is 1580 g/mol. The van der Waals surface area contributed by atoms with Gasteiger partial charge >= 0.3 is 0 Å². The van der Waals surface area contributed by atoms with Crippen molar-refractivity contribution in [3.8, 4) is 0 Å². The number of hydrogen-bond donors (Lipinski definition) is 0. The number of hydrogen-bond acceptors (Lipinski definition) is 12. The average Bonchev–Trinajstić information content (AvgIpc) is 1.65. The van der Waals surface area contributed by atoms with Crippen molar-refractivity contribution < 1.29 is 28.0 Å². The van der Waals surface area contributed by atoms with Gasteiger partial charge in [-0.1, -0.05) is 116 Å². The van der Waals surface area contributed by atoms with Crippen LogP contribution in [-0.4, -0.2) is 128 Å². The summed E-state index contributed by atoms with van der Waals surface area (Å²) < 4.78 is 35.8. The van der Waals surface area contributed by atoms with E-state index in [-0.39, 0.29) is 29.4 Å². The van der Waals surface area contributed by atoms with Crippen molar-refractivity contribution in [2.24, 2.45) is 17.8 Å². The van der Waals surface area contributed by atoms with Crippen molar-refractivity contribution in [3.63, 3.8) is 0 Å². The summed E-state index contributed by atoms with van der Waals surface area (Å²) in [6, 6.07) is 39.5. The molecular formula is C92H111ClF2N16O4. The van der Waals surface area contributed by atoms with Crippen molar-refractivity contribution in [1.29, 1.82) is 0 Å². The second-order valence-corrected chi connectivity index (χ2v) is 32.3. The maximum Gasteiger partial charge on any atom is 0.254 e. The van der Waals surface area contributed by atoms with Crippen molar-refractivity contribution in [1.82, 2.24) is 77.7 Å². The van der Waals surface area contributed by atoms with Gasteiger partial charge < -0.3 is 37.9 Å². The molecule has 0 bridgehead atoms. The van der Waals surface area contributed by atoms with Gasteiger partial charge in [-0.25, -0.2) is 48.7 Å². The molecule has 4 amide bonds. The van der Waals surface area contributed by atoms with Gasteiger partial charge in [-0.05, 0) is 229 Å². The summed E-state index contributed by atoms with van der Waals surface area (Å²) in [6.07, 6.45) is 23.8. The largest absolute Gasteiger partial charge is 0.331 e. The zero-order chi connectivity index (χ0) is 81.2. The Hall–Kier alpha value is -10.6. The number of carbonyl (C=O) groups excluding carboxylic acids is 4. The predicted octanol–water partition coefficient (Wildman–Crippen LogP) is 20.1. The molecule has 0 atom stereocenters. The van der Waals surface area contributed by atoms with Gasteiger partial charge in [-0.3, -0.25) is 19.2 Å². The zero-order valence-corrected chi connectivity index (χ0v) is 69.3. The second kappa shape index (κ2) is 39.6.